The summed E-state index contributed by atoms with van der Waals surface area (Å²) in [5.41, 5.74) is 15.0. The van der Waals surface area contributed by atoms with Crippen LogP contribution in [0.5, 0.6) is 0 Å². The Labute approximate surface area is 182 Å². The van der Waals surface area contributed by atoms with Crippen LogP contribution in [0.2, 0.25) is 0 Å². The Balaban J connectivity index is 0.000000165. The fourth-order valence-electron chi connectivity index (χ4n) is 3.82. The molecule has 1 aliphatic rings. The Morgan fingerprint density at radius 3 is 2.59 bits per heavy atom. The zero-order valence-electron chi connectivity index (χ0n) is 17.1. The number of aromatic nitrogens is 2. The summed E-state index contributed by atoms with van der Waals surface area (Å²) in [5, 5.41) is 16.8. The highest BCUT2D eigenvalue weighted by Crippen LogP contribution is 2.26. The second-order valence-corrected chi connectivity index (χ2v) is 7.48. The van der Waals surface area contributed by atoms with Crippen molar-refractivity contribution >= 4 is 28.2 Å². The second-order valence-electron chi connectivity index (χ2n) is 7.48. The van der Waals surface area contributed by atoms with E-state index in [2.05, 4.69) is 22.3 Å². The smallest absolute Gasteiger partial charge is 0.338 e. The molecule has 4 aromatic rings. The minimum Gasteiger partial charge on any atom is -0.478 e. The highest BCUT2D eigenvalue weighted by Gasteiger charge is 2.26. The number of carbonyl (C=O) groups is 1. The minimum atomic E-state index is -0.980. The number of aromatic carboxylic acids is 1. The molecule has 0 saturated heterocycles. The van der Waals surface area contributed by atoms with Gasteiger partial charge in [0.1, 0.15) is 11.4 Å². The molecule has 1 aromatic heterocycles. The molecule has 1 aliphatic heterocycles. The average molecular weight is 431 g/mol. The molecule has 0 saturated carbocycles. The Hall–Kier alpha value is -4.11. The maximum Gasteiger partial charge on any atom is 0.338 e. The van der Waals surface area contributed by atoms with Gasteiger partial charge < -0.3 is 21.5 Å². The summed E-state index contributed by atoms with van der Waals surface area (Å²) in [4.78, 5) is 35.4. The number of fused-ring (bicyclic) bond motifs is 2. The Kier molecular flexibility index (Phi) is 5.65. The second kappa shape index (κ2) is 8.56. The van der Waals surface area contributed by atoms with Crippen molar-refractivity contribution < 1.29 is 9.90 Å². The first-order valence-corrected chi connectivity index (χ1v) is 9.99. The lowest BCUT2D eigenvalue weighted by atomic mass is 9.96. The van der Waals surface area contributed by atoms with Crippen LogP contribution in [0.1, 0.15) is 27.0 Å². The van der Waals surface area contributed by atoms with Crippen molar-refractivity contribution in [3.63, 3.8) is 0 Å². The lowest BCUT2D eigenvalue weighted by Gasteiger charge is -2.31. The van der Waals surface area contributed by atoms with Gasteiger partial charge in [0.2, 0.25) is 0 Å². The number of hydrogen-bond acceptors (Lipinski definition) is 8. The first kappa shape index (κ1) is 21.1. The van der Waals surface area contributed by atoms with Crippen LogP contribution in [-0.4, -0.2) is 27.8 Å². The summed E-state index contributed by atoms with van der Waals surface area (Å²) >= 11 is 0. The molecule has 0 fully saturated rings. The van der Waals surface area contributed by atoms with E-state index < -0.39 is 16.8 Å². The third-order valence-electron chi connectivity index (χ3n) is 5.53. The van der Waals surface area contributed by atoms with Crippen LogP contribution in [0.25, 0.3) is 10.9 Å². The van der Waals surface area contributed by atoms with E-state index in [1.54, 1.807) is 24.3 Å². The molecule has 2 heterocycles. The molecule has 5 rings (SSSR count). The van der Waals surface area contributed by atoms with Gasteiger partial charge in [-0.25, -0.2) is 4.79 Å². The van der Waals surface area contributed by atoms with E-state index in [1.165, 1.54) is 11.8 Å². The van der Waals surface area contributed by atoms with Gasteiger partial charge in [0.05, 0.1) is 17.3 Å². The van der Waals surface area contributed by atoms with Crippen LogP contribution in [0.15, 0.2) is 58.3 Å². The highest BCUT2D eigenvalue weighted by atomic mass is 16.4. The van der Waals surface area contributed by atoms with Gasteiger partial charge >= 0.3 is 5.97 Å². The largest absolute Gasteiger partial charge is 0.478 e. The van der Waals surface area contributed by atoms with Crippen molar-refractivity contribution in [2.45, 2.75) is 19.5 Å². The van der Waals surface area contributed by atoms with Gasteiger partial charge in [-0.3, -0.25) is 9.59 Å². The van der Waals surface area contributed by atoms with Gasteiger partial charge in [-0.05, 0) is 29.2 Å². The number of benzene rings is 2. The molecule has 0 spiro atoms. The summed E-state index contributed by atoms with van der Waals surface area (Å²) in [6, 6.07) is 13.2. The molecule has 0 unspecified atom stereocenters. The first-order valence-electron chi connectivity index (χ1n) is 9.99. The maximum absolute atomic E-state index is 11.6. The van der Waals surface area contributed by atoms with Crippen LogP contribution in [0, 0.1) is 0 Å². The van der Waals surface area contributed by atoms with Gasteiger partial charge in [-0.2, -0.15) is 10.2 Å². The molecule has 9 heteroatoms. The summed E-state index contributed by atoms with van der Waals surface area (Å²) in [7, 11) is 0. The topological polar surface area (TPSA) is 152 Å². The van der Waals surface area contributed by atoms with Crippen LogP contribution >= 0.6 is 0 Å². The van der Waals surface area contributed by atoms with Gasteiger partial charge in [0.25, 0.3) is 10.9 Å². The molecule has 5 N–H and O–H groups in total. The quantitative estimate of drug-likeness (QED) is 0.406. The van der Waals surface area contributed by atoms with Gasteiger partial charge in [0, 0.05) is 25.0 Å². The maximum atomic E-state index is 11.6. The standard InChI is InChI=1S/C14H15N3O2.C9H6N2O2/c15-6-8-1-2-9-3-4-17(7-10(9)5-8)12-11(16)13(18)14(12)19;12-9(13)7-5-10-11-8-4-2-1-3-6(7)8/h1-2,5H,3-4,6-7,15-16H2;1-5H,(H,12,13). The first-order chi connectivity index (χ1) is 15.4. The number of rotatable bonds is 3. The van der Waals surface area contributed by atoms with E-state index in [-0.39, 0.29) is 11.3 Å². The average Bonchev–Trinajstić information content (AvgIpc) is 2.83. The lowest BCUT2D eigenvalue weighted by Crippen LogP contribution is -2.44. The van der Waals surface area contributed by atoms with Gasteiger partial charge in [0.15, 0.2) is 0 Å². The zero-order chi connectivity index (χ0) is 22.8. The molecule has 32 heavy (non-hydrogen) atoms. The molecule has 0 radical (unpaired) electrons. The fourth-order valence-corrected chi connectivity index (χ4v) is 3.82. The van der Waals surface area contributed by atoms with E-state index in [4.69, 9.17) is 16.6 Å². The van der Waals surface area contributed by atoms with Crippen molar-refractivity contribution in [2.75, 3.05) is 17.2 Å². The Morgan fingerprint density at radius 2 is 1.88 bits per heavy atom. The van der Waals surface area contributed by atoms with Crippen molar-refractivity contribution in [3.05, 3.63) is 91.4 Å². The van der Waals surface area contributed by atoms with Gasteiger partial charge in [-0.1, -0.05) is 36.4 Å². The number of nitrogen functional groups attached to an aromatic ring is 1. The molecule has 3 aromatic carbocycles. The number of nitrogens with two attached hydrogens (primary N) is 2. The molecule has 9 nitrogen and oxygen atoms in total. The molecule has 0 aliphatic carbocycles. The van der Waals surface area contributed by atoms with E-state index in [1.807, 2.05) is 11.0 Å². The summed E-state index contributed by atoms with van der Waals surface area (Å²) < 4.78 is 0. The predicted octanol–water partition coefficient (Wildman–Crippen LogP) is 1.21. The molecular weight excluding hydrogens is 410 g/mol. The third kappa shape index (κ3) is 3.81. The van der Waals surface area contributed by atoms with E-state index in [0.29, 0.717) is 36.2 Å². The molecule has 0 bridgehead atoms. The fraction of sp³-hybridized carbons (Fsp3) is 0.174. The molecular formula is C23H21N5O4. The van der Waals surface area contributed by atoms with Crippen molar-refractivity contribution in [1.29, 1.82) is 0 Å². The van der Waals surface area contributed by atoms with E-state index in [0.717, 1.165) is 17.5 Å². The normalized spacial score (nSPS) is 12.8. The summed E-state index contributed by atoms with van der Waals surface area (Å²) in [6.07, 6.45) is 2.10. The Morgan fingerprint density at radius 1 is 1.09 bits per heavy atom. The van der Waals surface area contributed by atoms with E-state index >= 15 is 0 Å². The van der Waals surface area contributed by atoms with Crippen molar-refractivity contribution in [2.24, 2.45) is 5.73 Å². The number of hydrogen-bond donors (Lipinski definition) is 3. The van der Waals surface area contributed by atoms with Crippen LogP contribution in [-0.2, 0) is 19.5 Å². The molecule has 0 atom stereocenters. The monoisotopic (exact) mass is 431 g/mol. The number of nitrogens with zero attached hydrogens (tertiary/aromatic N) is 3. The van der Waals surface area contributed by atoms with E-state index in [9.17, 15) is 14.4 Å². The van der Waals surface area contributed by atoms with Crippen LogP contribution in [0.4, 0.5) is 11.4 Å². The lowest BCUT2D eigenvalue weighted by molar-refractivity contribution is 0.0698. The van der Waals surface area contributed by atoms with Crippen molar-refractivity contribution in [3.8, 4) is 0 Å². The Bertz CT molecular complexity index is 1390. The molecule has 162 valence electrons. The predicted molar refractivity (Wildman–Crippen MR) is 121 cm³/mol. The van der Waals surface area contributed by atoms with Gasteiger partial charge in [-0.15, -0.1) is 0 Å². The summed E-state index contributed by atoms with van der Waals surface area (Å²) in [5.74, 6) is -0.980. The molecule has 0 amide bonds. The number of carboxylic acids is 1. The zero-order valence-corrected chi connectivity index (χ0v) is 17.1. The number of carboxylic acid groups (broad SMARTS) is 1. The summed E-state index contributed by atoms with van der Waals surface area (Å²) in [6.45, 7) is 1.82. The SMILES string of the molecule is NCc1ccc2c(c1)CN(c1c(N)c(=O)c1=O)CC2.O=C(O)c1cnnc2ccccc12. The minimum absolute atomic E-state index is 0.100. The number of anilines is 2. The highest BCUT2D eigenvalue weighted by molar-refractivity contribution is 6.01. The third-order valence-corrected chi connectivity index (χ3v) is 5.53. The van der Waals surface area contributed by atoms with Crippen LogP contribution in [0.3, 0.4) is 0 Å². The van der Waals surface area contributed by atoms with Crippen LogP contribution < -0.4 is 27.2 Å². The van der Waals surface area contributed by atoms with Crippen molar-refractivity contribution in [1.82, 2.24) is 10.2 Å².